The Morgan fingerprint density at radius 3 is 2.47 bits per heavy atom. The second-order valence-electron chi connectivity index (χ2n) is 4.97. The van der Waals surface area contributed by atoms with Crippen LogP contribution in [0.15, 0.2) is 30.4 Å². The third-order valence-corrected chi connectivity index (χ3v) is 4.11. The van der Waals surface area contributed by atoms with Crippen LogP contribution in [-0.2, 0) is 0 Å². The molecule has 0 N–H and O–H groups in total. The van der Waals surface area contributed by atoms with E-state index in [9.17, 15) is 4.39 Å². The van der Waals surface area contributed by atoms with Gasteiger partial charge in [-0.3, -0.25) is 4.90 Å². The third-order valence-electron chi connectivity index (χ3n) is 3.80. The molecule has 2 nitrogen and oxygen atoms in total. The van der Waals surface area contributed by atoms with E-state index in [0.29, 0.717) is 17.8 Å². The predicted molar refractivity (Wildman–Crippen MR) is 76.8 cm³/mol. The molecule has 5 heteroatoms. The first-order chi connectivity index (χ1) is 8.63. The fraction of sp³-hybridized carbons (Fsp3) is 0.429. The average Bonchev–Trinajstić information content (AvgIpc) is 2.58. The molecule has 0 spiro atoms. The van der Waals surface area contributed by atoms with E-state index in [-0.39, 0.29) is 23.5 Å². The SMILES string of the molecule is CN1[C@@H]2C=C[C@H]1CC(Oc1ccc(Cl)c(F)c1)C2.Cl. The van der Waals surface area contributed by atoms with Crippen LogP contribution in [0.5, 0.6) is 5.75 Å². The van der Waals surface area contributed by atoms with E-state index in [1.54, 1.807) is 6.07 Å². The molecule has 19 heavy (non-hydrogen) atoms. The maximum Gasteiger partial charge on any atom is 0.145 e. The Hall–Kier alpha value is -0.770. The van der Waals surface area contributed by atoms with Crippen molar-refractivity contribution >= 4 is 24.0 Å². The molecule has 2 bridgehead atoms. The fourth-order valence-electron chi connectivity index (χ4n) is 2.74. The van der Waals surface area contributed by atoms with E-state index in [4.69, 9.17) is 16.3 Å². The Morgan fingerprint density at radius 2 is 1.89 bits per heavy atom. The predicted octanol–water partition coefficient (Wildman–Crippen LogP) is 3.68. The lowest BCUT2D eigenvalue weighted by Crippen LogP contribution is -2.44. The van der Waals surface area contributed by atoms with Gasteiger partial charge >= 0.3 is 0 Å². The van der Waals surface area contributed by atoms with Gasteiger partial charge in [0.2, 0.25) is 0 Å². The summed E-state index contributed by atoms with van der Waals surface area (Å²) in [6.07, 6.45) is 6.51. The minimum absolute atomic E-state index is 0. The lowest BCUT2D eigenvalue weighted by atomic mass is 9.99. The van der Waals surface area contributed by atoms with Crippen molar-refractivity contribution in [2.75, 3.05) is 7.05 Å². The Labute approximate surface area is 123 Å². The van der Waals surface area contributed by atoms with Gasteiger partial charge in [0.1, 0.15) is 17.7 Å². The molecule has 3 atom stereocenters. The summed E-state index contributed by atoms with van der Waals surface area (Å²) in [4.78, 5) is 2.35. The average molecular weight is 304 g/mol. The number of likely N-dealkylation sites (N-methyl/N-ethyl adjacent to an activating group) is 1. The molecule has 2 aliphatic heterocycles. The van der Waals surface area contributed by atoms with Gasteiger partial charge in [0.15, 0.2) is 0 Å². The number of piperidine rings is 1. The minimum atomic E-state index is -0.428. The van der Waals surface area contributed by atoms with Gasteiger partial charge in [-0.25, -0.2) is 4.39 Å². The highest BCUT2D eigenvalue weighted by Crippen LogP contribution is 2.32. The Balaban J connectivity index is 0.00000133. The smallest absolute Gasteiger partial charge is 0.145 e. The number of hydrogen-bond acceptors (Lipinski definition) is 2. The van der Waals surface area contributed by atoms with Gasteiger partial charge in [0.05, 0.1) is 5.02 Å². The number of benzene rings is 1. The quantitative estimate of drug-likeness (QED) is 0.773. The standard InChI is InChI=1S/C14H15ClFNO.ClH/c1-17-9-2-3-10(17)7-12(6-9)18-11-4-5-13(15)14(16)8-11;/h2-5,8-10,12H,6-7H2,1H3;1H/t9-,10+,12?;. The van der Waals surface area contributed by atoms with Crippen molar-refractivity contribution in [1.82, 2.24) is 4.90 Å². The van der Waals surface area contributed by atoms with Crippen LogP contribution in [0.25, 0.3) is 0 Å². The molecule has 2 heterocycles. The van der Waals surface area contributed by atoms with Gasteiger partial charge in [-0.1, -0.05) is 23.8 Å². The fourth-order valence-corrected chi connectivity index (χ4v) is 2.85. The summed E-state index contributed by atoms with van der Waals surface area (Å²) in [6, 6.07) is 5.51. The van der Waals surface area contributed by atoms with Crippen LogP contribution < -0.4 is 4.74 Å². The van der Waals surface area contributed by atoms with Crippen molar-refractivity contribution in [1.29, 1.82) is 0 Å². The lowest BCUT2D eigenvalue weighted by Gasteiger charge is -2.36. The first kappa shape index (κ1) is 14.6. The molecule has 1 unspecified atom stereocenters. The highest BCUT2D eigenvalue weighted by Gasteiger charge is 2.35. The molecule has 2 aliphatic rings. The van der Waals surface area contributed by atoms with Gasteiger partial charge < -0.3 is 4.74 Å². The van der Waals surface area contributed by atoms with E-state index in [1.807, 2.05) is 0 Å². The molecular formula is C14H16Cl2FNO. The molecule has 1 aromatic rings. The maximum atomic E-state index is 13.3. The molecule has 0 saturated carbocycles. The second-order valence-corrected chi connectivity index (χ2v) is 5.38. The van der Waals surface area contributed by atoms with Crippen molar-refractivity contribution in [3.05, 3.63) is 41.2 Å². The zero-order valence-electron chi connectivity index (χ0n) is 10.6. The summed E-state index contributed by atoms with van der Waals surface area (Å²) < 4.78 is 19.2. The summed E-state index contributed by atoms with van der Waals surface area (Å²) in [5, 5.41) is 0.132. The van der Waals surface area contributed by atoms with Gasteiger partial charge in [0.25, 0.3) is 0 Å². The van der Waals surface area contributed by atoms with E-state index < -0.39 is 5.82 Å². The molecular weight excluding hydrogens is 288 g/mol. The number of fused-ring (bicyclic) bond motifs is 2. The van der Waals surface area contributed by atoms with E-state index >= 15 is 0 Å². The molecule has 1 saturated heterocycles. The Morgan fingerprint density at radius 1 is 1.26 bits per heavy atom. The molecule has 0 amide bonds. The van der Waals surface area contributed by atoms with Crippen LogP contribution in [-0.4, -0.2) is 30.1 Å². The highest BCUT2D eigenvalue weighted by molar-refractivity contribution is 6.30. The minimum Gasteiger partial charge on any atom is -0.490 e. The summed E-state index contributed by atoms with van der Waals surface area (Å²) in [6.45, 7) is 0. The van der Waals surface area contributed by atoms with Gasteiger partial charge in [-0.2, -0.15) is 0 Å². The largest absolute Gasteiger partial charge is 0.490 e. The van der Waals surface area contributed by atoms with Crippen molar-refractivity contribution in [2.24, 2.45) is 0 Å². The zero-order valence-corrected chi connectivity index (χ0v) is 12.1. The van der Waals surface area contributed by atoms with Crippen LogP contribution in [0.1, 0.15) is 12.8 Å². The first-order valence-electron chi connectivity index (χ1n) is 6.15. The molecule has 3 rings (SSSR count). The van der Waals surface area contributed by atoms with Gasteiger partial charge in [0, 0.05) is 31.0 Å². The monoisotopic (exact) mass is 303 g/mol. The maximum absolute atomic E-state index is 13.3. The number of rotatable bonds is 2. The van der Waals surface area contributed by atoms with Crippen LogP contribution in [0, 0.1) is 5.82 Å². The van der Waals surface area contributed by atoms with Crippen LogP contribution in [0.2, 0.25) is 5.02 Å². The Kier molecular flexibility index (Phi) is 4.39. The van der Waals surface area contributed by atoms with Crippen molar-refractivity contribution in [3.63, 3.8) is 0 Å². The molecule has 104 valence electrons. The van der Waals surface area contributed by atoms with Crippen LogP contribution in [0.3, 0.4) is 0 Å². The number of ether oxygens (including phenoxy) is 1. The second kappa shape index (κ2) is 5.70. The number of hydrogen-bond donors (Lipinski definition) is 0. The van der Waals surface area contributed by atoms with Crippen molar-refractivity contribution < 1.29 is 9.13 Å². The summed E-state index contributed by atoms with van der Waals surface area (Å²) in [7, 11) is 2.13. The molecule has 0 aliphatic carbocycles. The van der Waals surface area contributed by atoms with Crippen molar-refractivity contribution in [3.8, 4) is 5.75 Å². The lowest BCUT2D eigenvalue weighted by molar-refractivity contribution is 0.0749. The third kappa shape index (κ3) is 2.88. The van der Waals surface area contributed by atoms with Crippen molar-refractivity contribution in [2.45, 2.75) is 31.0 Å². The topological polar surface area (TPSA) is 12.5 Å². The van der Waals surface area contributed by atoms with Crippen LogP contribution >= 0.6 is 24.0 Å². The van der Waals surface area contributed by atoms with E-state index in [1.165, 1.54) is 12.1 Å². The first-order valence-corrected chi connectivity index (χ1v) is 6.53. The highest BCUT2D eigenvalue weighted by atomic mass is 35.5. The van der Waals surface area contributed by atoms with E-state index in [2.05, 4.69) is 24.1 Å². The molecule has 1 fully saturated rings. The summed E-state index contributed by atoms with van der Waals surface area (Å²) >= 11 is 5.65. The zero-order chi connectivity index (χ0) is 12.7. The Bertz CT molecular complexity index is 478. The number of nitrogens with zero attached hydrogens (tertiary/aromatic N) is 1. The van der Waals surface area contributed by atoms with E-state index in [0.717, 1.165) is 12.8 Å². The van der Waals surface area contributed by atoms with Gasteiger partial charge in [-0.05, 0) is 19.2 Å². The normalized spacial score (nSPS) is 29.1. The molecule has 0 radical (unpaired) electrons. The number of halogens is 3. The van der Waals surface area contributed by atoms with Crippen LogP contribution in [0.4, 0.5) is 4.39 Å². The summed E-state index contributed by atoms with van der Waals surface area (Å²) in [5.41, 5.74) is 0. The summed E-state index contributed by atoms with van der Waals surface area (Å²) in [5.74, 6) is 0.133. The molecule has 0 aromatic heterocycles. The van der Waals surface area contributed by atoms with Gasteiger partial charge in [-0.15, -0.1) is 12.4 Å². The molecule has 1 aromatic carbocycles.